The molecule has 0 spiro atoms. The maximum Gasteiger partial charge on any atom is 0.314 e. The number of hydrogen-bond donors (Lipinski definition) is 1. The Hall–Kier alpha value is -2.49. The first-order valence-electron chi connectivity index (χ1n) is 9.16. The van der Waals surface area contributed by atoms with Gasteiger partial charge in [-0.25, -0.2) is 13.6 Å². The van der Waals surface area contributed by atoms with E-state index in [1.807, 2.05) is 37.3 Å². The highest BCUT2D eigenvalue weighted by atomic mass is 32.2. The maximum absolute atomic E-state index is 13.4. The lowest BCUT2D eigenvalue weighted by Crippen LogP contribution is -2.31. The average Bonchev–Trinajstić information content (AvgIpc) is 3.34. The molecule has 9 heteroatoms. The molecule has 0 saturated carbocycles. The highest BCUT2D eigenvalue weighted by molar-refractivity contribution is 7.93. The van der Waals surface area contributed by atoms with Crippen molar-refractivity contribution in [3.63, 3.8) is 0 Å². The minimum absolute atomic E-state index is 0.104. The van der Waals surface area contributed by atoms with E-state index in [0.29, 0.717) is 17.9 Å². The monoisotopic (exact) mass is 445 g/mol. The van der Waals surface area contributed by atoms with Crippen molar-refractivity contribution in [2.24, 2.45) is 0 Å². The quantitative estimate of drug-likeness (QED) is 0.374. The zero-order valence-corrected chi connectivity index (χ0v) is 18.1. The van der Waals surface area contributed by atoms with Crippen molar-refractivity contribution in [2.45, 2.75) is 24.7 Å². The van der Waals surface area contributed by atoms with Crippen LogP contribution >= 0.6 is 23.6 Å². The second kappa shape index (κ2) is 8.10. The molecular formula is C20H19N3O3S3. The Morgan fingerprint density at radius 3 is 2.59 bits per heavy atom. The SMILES string of the molecule is CCCCN(c1cc2ccccc2s1)S(=O)(=O)c1ccc(-c2nc(=S)o[nH]2)cc1. The fraction of sp³-hybridized carbons (Fsp3) is 0.200. The molecule has 0 unspecified atom stereocenters. The molecule has 0 atom stereocenters. The third-order valence-corrected chi connectivity index (χ3v) is 7.78. The molecule has 2 heterocycles. The van der Waals surface area contributed by atoms with Crippen LogP contribution in [0.4, 0.5) is 5.00 Å². The molecule has 4 rings (SSSR count). The van der Waals surface area contributed by atoms with Gasteiger partial charge in [0.15, 0.2) is 5.82 Å². The Kier molecular flexibility index (Phi) is 5.53. The van der Waals surface area contributed by atoms with Crippen LogP contribution in [0.5, 0.6) is 0 Å². The molecule has 0 amide bonds. The van der Waals surface area contributed by atoms with Gasteiger partial charge in [-0.1, -0.05) is 31.5 Å². The number of sulfonamides is 1. The Balaban J connectivity index is 1.71. The Morgan fingerprint density at radius 1 is 1.17 bits per heavy atom. The summed E-state index contributed by atoms with van der Waals surface area (Å²) in [5, 5.41) is 4.39. The van der Waals surface area contributed by atoms with Gasteiger partial charge in [-0.3, -0.25) is 4.31 Å². The standard InChI is InChI=1S/C20H19N3O3S3/c1-2-3-12-23(18-13-15-6-4-5-7-17(15)28-18)29(24,25)16-10-8-14(9-11-16)19-21-20(27)26-22-19/h4-11,13H,2-3,12H2,1H3,(H,21,22,27). The van der Waals surface area contributed by atoms with Gasteiger partial charge in [-0.2, -0.15) is 4.98 Å². The number of H-pyrrole nitrogens is 1. The Labute approximate surface area is 177 Å². The number of fused-ring (bicyclic) bond motifs is 1. The van der Waals surface area contributed by atoms with Gasteiger partial charge in [0.05, 0.1) is 4.90 Å². The van der Waals surface area contributed by atoms with Crippen LogP contribution in [0.25, 0.3) is 21.5 Å². The van der Waals surface area contributed by atoms with E-state index in [-0.39, 0.29) is 9.73 Å². The molecule has 0 radical (unpaired) electrons. The van der Waals surface area contributed by atoms with Gasteiger partial charge in [-0.05, 0) is 60.4 Å². The zero-order valence-electron chi connectivity index (χ0n) is 15.7. The molecule has 6 nitrogen and oxygen atoms in total. The molecule has 2 aromatic heterocycles. The van der Waals surface area contributed by atoms with Crippen LogP contribution in [-0.4, -0.2) is 25.1 Å². The topological polar surface area (TPSA) is 79.2 Å². The van der Waals surface area contributed by atoms with E-state index in [1.165, 1.54) is 15.6 Å². The number of aromatic nitrogens is 2. The van der Waals surface area contributed by atoms with Crippen molar-refractivity contribution < 1.29 is 12.9 Å². The van der Waals surface area contributed by atoms with Crippen molar-refractivity contribution in [3.8, 4) is 11.4 Å². The summed E-state index contributed by atoms with van der Waals surface area (Å²) in [5.74, 6) is 0.464. The van der Waals surface area contributed by atoms with Gasteiger partial charge >= 0.3 is 4.84 Å². The average molecular weight is 446 g/mol. The first-order chi connectivity index (χ1) is 14.0. The lowest BCUT2D eigenvalue weighted by Gasteiger charge is -2.22. The fourth-order valence-electron chi connectivity index (χ4n) is 3.01. The second-order valence-electron chi connectivity index (χ2n) is 6.51. The number of rotatable bonds is 7. The molecule has 4 aromatic rings. The summed E-state index contributed by atoms with van der Waals surface area (Å²) >= 11 is 6.35. The number of nitrogens with one attached hydrogen (secondary N) is 1. The molecular weight excluding hydrogens is 426 g/mol. The van der Waals surface area contributed by atoms with E-state index in [0.717, 1.165) is 27.9 Å². The molecule has 0 bridgehead atoms. The predicted octanol–water partition coefficient (Wildman–Crippen LogP) is 5.61. The van der Waals surface area contributed by atoms with E-state index >= 15 is 0 Å². The van der Waals surface area contributed by atoms with Crippen molar-refractivity contribution in [3.05, 3.63) is 59.4 Å². The zero-order chi connectivity index (χ0) is 20.4. The van der Waals surface area contributed by atoms with Gasteiger partial charge < -0.3 is 4.52 Å². The summed E-state index contributed by atoms with van der Waals surface area (Å²) in [6.07, 6.45) is 1.68. The van der Waals surface area contributed by atoms with Crippen LogP contribution in [0.2, 0.25) is 0 Å². The smallest absolute Gasteiger partial charge is 0.314 e. The largest absolute Gasteiger partial charge is 0.348 e. The van der Waals surface area contributed by atoms with E-state index in [1.54, 1.807) is 24.3 Å². The molecule has 150 valence electrons. The number of unbranched alkanes of at least 4 members (excludes halogenated alkanes) is 1. The van der Waals surface area contributed by atoms with Gasteiger partial charge in [0, 0.05) is 16.8 Å². The summed E-state index contributed by atoms with van der Waals surface area (Å²) < 4.78 is 34.4. The fourth-order valence-corrected chi connectivity index (χ4v) is 5.93. The predicted molar refractivity (Wildman–Crippen MR) is 118 cm³/mol. The van der Waals surface area contributed by atoms with Crippen LogP contribution < -0.4 is 4.31 Å². The van der Waals surface area contributed by atoms with Crippen LogP contribution in [-0.2, 0) is 10.0 Å². The molecule has 0 fully saturated rings. The minimum Gasteiger partial charge on any atom is -0.348 e. The first kappa shape index (κ1) is 19.8. The van der Waals surface area contributed by atoms with Crippen molar-refractivity contribution in [1.82, 2.24) is 10.1 Å². The third kappa shape index (κ3) is 3.98. The molecule has 0 aliphatic rings. The van der Waals surface area contributed by atoms with E-state index in [2.05, 4.69) is 10.1 Å². The lowest BCUT2D eigenvalue weighted by atomic mass is 10.2. The summed E-state index contributed by atoms with van der Waals surface area (Å²) in [4.78, 5) is 4.39. The molecule has 0 saturated heterocycles. The van der Waals surface area contributed by atoms with Gasteiger partial charge in [0.2, 0.25) is 0 Å². The van der Waals surface area contributed by atoms with Crippen LogP contribution in [0.3, 0.4) is 0 Å². The van der Waals surface area contributed by atoms with Crippen molar-refractivity contribution >= 4 is 48.7 Å². The van der Waals surface area contributed by atoms with E-state index < -0.39 is 10.0 Å². The lowest BCUT2D eigenvalue weighted by molar-refractivity contribution is 0.406. The molecule has 0 aliphatic heterocycles. The molecule has 2 aromatic carbocycles. The summed E-state index contributed by atoms with van der Waals surface area (Å²) in [6, 6.07) is 16.4. The highest BCUT2D eigenvalue weighted by Gasteiger charge is 2.26. The van der Waals surface area contributed by atoms with Gasteiger partial charge in [0.1, 0.15) is 5.00 Å². The number of nitrogens with zero attached hydrogens (tertiary/aromatic N) is 2. The normalized spacial score (nSPS) is 11.8. The number of aromatic amines is 1. The van der Waals surface area contributed by atoms with Crippen LogP contribution in [0, 0.1) is 4.84 Å². The second-order valence-corrected chi connectivity index (χ2v) is 9.78. The number of anilines is 1. The summed E-state index contributed by atoms with van der Waals surface area (Å²) in [6.45, 7) is 2.48. The Morgan fingerprint density at radius 2 is 1.93 bits per heavy atom. The molecule has 29 heavy (non-hydrogen) atoms. The highest BCUT2D eigenvalue weighted by Crippen LogP contribution is 2.35. The molecule has 1 N–H and O–H groups in total. The summed E-state index contributed by atoms with van der Waals surface area (Å²) in [5.41, 5.74) is 0.700. The Bertz CT molecular complexity index is 1250. The van der Waals surface area contributed by atoms with Crippen LogP contribution in [0.15, 0.2) is 64.0 Å². The number of hydrogen-bond acceptors (Lipinski definition) is 6. The third-order valence-electron chi connectivity index (χ3n) is 4.53. The van der Waals surface area contributed by atoms with E-state index in [9.17, 15) is 8.42 Å². The molecule has 0 aliphatic carbocycles. The number of thiophene rings is 1. The maximum atomic E-state index is 13.4. The van der Waals surface area contributed by atoms with Crippen molar-refractivity contribution in [1.29, 1.82) is 0 Å². The van der Waals surface area contributed by atoms with Crippen molar-refractivity contribution in [2.75, 3.05) is 10.8 Å². The van der Waals surface area contributed by atoms with Gasteiger partial charge in [-0.15, -0.1) is 11.3 Å². The van der Waals surface area contributed by atoms with Crippen LogP contribution in [0.1, 0.15) is 19.8 Å². The van der Waals surface area contributed by atoms with Gasteiger partial charge in [0.25, 0.3) is 10.0 Å². The first-order valence-corrected chi connectivity index (χ1v) is 11.8. The van der Waals surface area contributed by atoms with E-state index in [4.69, 9.17) is 16.7 Å². The number of benzene rings is 2. The summed E-state index contributed by atoms with van der Waals surface area (Å²) in [7, 11) is -3.70. The minimum atomic E-state index is -3.70.